The second kappa shape index (κ2) is 6.46. The first-order chi connectivity index (χ1) is 7.65. The van der Waals surface area contributed by atoms with Crippen LogP contribution < -0.4 is 11.3 Å². The summed E-state index contributed by atoms with van der Waals surface area (Å²) in [7, 11) is 1.73. The zero-order valence-corrected chi connectivity index (χ0v) is 8.94. The van der Waals surface area contributed by atoms with Gasteiger partial charge >= 0.3 is 0 Å². The van der Waals surface area contributed by atoms with Gasteiger partial charge in [0.15, 0.2) is 0 Å². The average Bonchev–Trinajstić information content (AvgIpc) is 2.65. The second-order valence-corrected chi connectivity index (χ2v) is 3.26. The van der Waals surface area contributed by atoms with Gasteiger partial charge in [-0.1, -0.05) is 5.21 Å². The summed E-state index contributed by atoms with van der Waals surface area (Å²) in [4.78, 5) is 0. The highest BCUT2D eigenvalue weighted by atomic mass is 19.3. The maximum atomic E-state index is 11.8. The Morgan fingerprint density at radius 2 is 2.38 bits per heavy atom. The Labute approximate surface area is 91.7 Å². The Morgan fingerprint density at radius 3 is 2.88 bits per heavy atom. The van der Waals surface area contributed by atoms with Crippen LogP contribution in [0.15, 0.2) is 6.20 Å². The molecule has 0 spiro atoms. The minimum Gasteiger partial charge on any atom is -0.375 e. The number of alkyl halides is 2. The molecule has 0 fully saturated rings. The molecular weight excluding hydrogens is 220 g/mol. The van der Waals surface area contributed by atoms with Gasteiger partial charge in [-0.05, 0) is 6.42 Å². The molecule has 3 N–H and O–H groups in total. The lowest BCUT2D eigenvalue weighted by Crippen LogP contribution is -2.30. The van der Waals surface area contributed by atoms with E-state index in [0.717, 1.165) is 5.69 Å². The first-order valence-corrected chi connectivity index (χ1v) is 4.81. The molecule has 0 aliphatic carbocycles. The zero-order chi connectivity index (χ0) is 12.0. The van der Waals surface area contributed by atoms with E-state index >= 15 is 0 Å². The van der Waals surface area contributed by atoms with Gasteiger partial charge in [0, 0.05) is 13.7 Å². The fraction of sp³-hybridized carbons (Fsp3) is 0.750. The number of nitrogens with one attached hydrogen (secondary N) is 1. The number of nitrogens with two attached hydrogens (primary N) is 1. The fourth-order valence-electron chi connectivity index (χ4n) is 1.30. The highest BCUT2D eigenvalue weighted by Gasteiger charge is 2.14. The number of nitrogens with zero attached hydrogens (tertiary/aromatic N) is 3. The standard InChI is InChI=1S/C8H15F2N5O/c1-15-7(4-12-14-15)6(13-11)2-3-16-5-8(9)10/h4,6,8,13H,2-3,5,11H2,1H3. The van der Waals surface area contributed by atoms with Gasteiger partial charge < -0.3 is 4.74 Å². The third-order valence-electron chi connectivity index (χ3n) is 2.10. The Morgan fingerprint density at radius 1 is 1.62 bits per heavy atom. The van der Waals surface area contributed by atoms with E-state index in [2.05, 4.69) is 15.7 Å². The van der Waals surface area contributed by atoms with E-state index in [4.69, 9.17) is 10.6 Å². The lowest BCUT2D eigenvalue weighted by molar-refractivity contribution is 0.0142. The molecule has 0 saturated carbocycles. The lowest BCUT2D eigenvalue weighted by Gasteiger charge is -2.15. The topological polar surface area (TPSA) is 78.0 Å². The van der Waals surface area contributed by atoms with Crippen LogP contribution in [0.3, 0.4) is 0 Å². The van der Waals surface area contributed by atoms with Crippen molar-refractivity contribution >= 4 is 0 Å². The first-order valence-electron chi connectivity index (χ1n) is 4.81. The minimum atomic E-state index is -2.44. The molecule has 0 bridgehead atoms. The Balaban J connectivity index is 2.36. The molecule has 1 rings (SSSR count). The SMILES string of the molecule is Cn1nncc1C(CCOCC(F)F)NN. The number of aromatic nitrogens is 3. The molecule has 0 aliphatic rings. The van der Waals surface area contributed by atoms with Gasteiger partial charge in [-0.2, -0.15) is 0 Å². The van der Waals surface area contributed by atoms with Crippen molar-refractivity contribution in [1.82, 2.24) is 20.4 Å². The molecule has 8 heteroatoms. The van der Waals surface area contributed by atoms with Gasteiger partial charge in [-0.15, -0.1) is 5.10 Å². The molecule has 1 aromatic heterocycles. The quantitative estimate of drug-likeness (QED) is 0.395. The second-order valence-electron chi connectivity index (χ2n) is 3.26. The summed E-state index contributed by atoms with van der Waals surface area (Å²) in [6.07, 6.45) is -0.398. The predicted molar refractivity (Wildman–Crippen MR) is 52.5 cm³/mol. The summed E-state index contributed by atoms with van der Waals surface area (Å²) in [6.45, 7) is -0.356. The van der Waals surface area contributed by atoms with Gasteiger partial charge in [-0.25, -0.2) is 8.78 Å². The van der Waals surface area contributed by atoms with E-state index < -0.39 is 13.0 Å². The first kappa shape index (κ1) is 12.9. The summed E-state index contributed by atoms with van der Waals surface area (Å²) >= 11 is 0. The molecule has 0 aromatic carbocycles. The van der Waals surface area contributed by atoms with E-state index in [9.17, 15) is 8.78 Å². The number of rotatable bonds is 7. The number of hydrogen-bond donors (Lipinski definition) is 2. The van der Waals surface area contributed by atoms with E-state index in [1.54, 1.807) is 17.9 Å². The van der Waals surface area contributed by atoms with Crippen LogP contribution in [0.25, 0.3) is 0 Å². The van der Waals surface area contributed by atoms with Crippen molar-refractivity contribution in [1.29, 1.82) is 0 Å². The van der Waals surface area contributed by atoms with Crippen LogP contribution in [0.4, 0.5) is 8.78 Å². The van der Waals surface area contributed by atoms with Gasteiger partial charge in [0.25, 0.3) is 6.43 Å². The molecule has 1 unspecified atom stereocenters. The number of ether oxygens (including phenoxy) is 1. The van der Waals surface area contributed by atoms with E-state index in [1.165, 1.54) is 0 Å². The van der Waals surface area contributed by atoms with Gasteiger partial charge in [-0.3, -0.25) is 16.0 Å². The van der Waals surface area contributed by atoms with Crippen molar-refractivity contribution in [3.63, 3.8) is 0 Å². The van der Waals surface area contributed by atoms with Crippen molar-refractivity contribution in [2.45, 2.75) is 18.9 Å². The molecule has 0 saturated heterocycles. The summed E-state index contributed by atoms with van der Waals surface area (Å²) < 4.78 is 29.9. The maximum Gasteiger partial charge on any atom is 0.261 e. The predicted octanol–water partition coefficient (Wildman–Crippen LogP) is -0.00870. The minimum absolute atomic E-state index is 0.199. The van der Waals surface area contributed by atoms with Crippen LogP contribution in [0.2, 0.25) is 0 Å². The number of aryl methyl sites for hydroxylation is 1. The van der Waals surface area contributed by atoms with Gasteiger partial charge in [0.2, 0.25) is 0 Å². The van der Waals surface area contributed by atoms with E-state index in [0.29, 0.717) is 6.42 Å². The van der Waals surface area contributed by atoms with E-state index in [1.807, 2.05) is 0 Å². The zero-order valence-electron chi connectivity index (χ0n) is 8.94. The molecular formula is C8H15F2N5O. The largest absolute Gasteiger partial charge is 0.375 e. The molecule has 0 amide bonds. The summed E-state index contributed by atoms with van der Waals surface area (Å²) in [5.74, 6) is 5.35. The molecule has 1 heterocycles. The van der Waals surface area contributed by atoms with Crippen molar-refractivity contribution < 1.29 is 13.5 Å². The third-order valence-corrected chi connectivity index (χ3v) is 2.10. The fourth-order valence-corrected chi connectivity index (χ4v) is 1.30. The summed E-state index contributed by atoms with van der Waals surface area (Å²) in [5.41, 5.74) is 3.35. The average molecular weight is 235 g/mol. The van der Waals surface area contributed by atoms with Gasteiger partial charge in [0.1, 0.15) is 6.61 Å². The highest BCUT2D eigenvalue weighted by Crippen LogP contribution is 2.13. The van der Waals surface area contributed by atoms with Crippen LogP contribution >= 0.6 is 0 Å². The molecule has 0 aliphatic heterocycles. The monoisotopic (exact) mass is 235 g/mol. The number of hydrazine groups is 1. The molecule has 1 atom stereocenters. The number of halogens is 2. The normalized spacial score (nSPS) is 13.3. The van der Waals surface area contributed by atoms with E-state index in [-0.39, 0.29) is 12.6 Å². The molecule has 6 nitrogen and oxygen atoms in total. The van der Waals surface area contributed by atoms with Crippen LogP contribution in [0.5, 0.6) is 0 Å². The van der Waals surface area contributed by atoms with Crippen molar-refractivity contribution in [2.24, 2.45) is 12.9 Å². The highest BCUT2D eigenvalue weighted by molar-refractivity contribution is 5.00. The van der Waals surface area contributed by atoms with Crippen LogP contribution in [-0.4, -0.2) is 34.6 Å². The smallest absolute Gasteiger partial charge is 0.261 e. The summed E-state index contributed by atoms with van der Waals surface area (Å²) in [5, 5.41) is 7.46. The Bertz CT molecular complexity index is 306. The van der Waals surface area contributed by atoms with Crippen LogP contribution in [0.1, 0.15) is 18.2 Å². The van der Waals surface area contributed by atoms with Crippen molar-refractivity contribution in [3.8, 4) is 0 Å². The van der Waals surface area contributed by atoms with Crippen molar-refractivity contribution in [2.75, 3.05) is 13.2 Å². The molecule has 16 heavy (non-hydrogen) atoms. The molecule has 0 radical (unpaired) electrons. The van der Waals surface area contributed by atoms with Crippen molar-refractivity contribution in [3.05, 3.63) is 11.9 Å². The van der Waals surface area contributed by atoms with Gasteiger partial charge in [0.05, 0.1) is 17.9 Å². The molecule has 92 valence electrons. The summed E-state index contributed by atoms with van der Waals surface area (Å²) in [6, 6.07) is -0.210. The maximum absolute atomic E-state index is 11.8. The number of hydrogen-bond acceptors (Lipinski definition) is 5. The third kappa shape index (κ3) is 3.80. The van der Waals surface area contributed by atoms with Crippen LogP contribution in [-0.2, 0) is 11.8 Å². The Hall–Kier alpha value is -1.12. The van der Waals surface area contributed by atoms with Crippen LogP contribution in [0, 0.1) is 0 Å². The Kier molecular flexibility index (Phi) is 5.23. The molecule has 1 aromatic rings. The lowest BCUT2D eigenvalue weighted by atomic mass is 10.1.